The van der Waals surface area contributed by atoms with E-state index in [1.54, 1.807) is 13.3 Å². The van der Waals surface area contributed by atoms with E-state index in [0.29, 0.717) is 12.6 Å². The van der Waals surface area contributed by atoms with Crippen LogP contribution in [0.25, 0.3) is 0 Å². The lowest BCUT2D eigenvalue weighted by Crippen LogP contribution is -2.30. The summed E-state index contributed by atoms with van der Waals surface area (Å²) in [6.07, 6.45) is 6.22. The Hall–Kier alpha value is -1.95. The van der Waals surface area contributed by atoms with Crippen LogP contribution in [-0.4, -0.2) is 27.8 Å². The third-order valence-electron chi connectivity index (χ3n) is 3.87. The van der Waals surface area contributed by atoms with Gasteiger partial charge in [-0.1, -0.05) is 30.0 Å². The van der Waals surface area contributed by atoms with E-state index in [1.165, 1.54) is 24.6 Å². The van der Waals surface area contributed by atoms with Crippen molar-refractivity contribution >= 4 is 17.7 Å². The van der Waals surface area contributed by atoms with Crippen LogP contribution in [0.1, 0.15) is 31.4 Å². The first-order valence-corrected chi connectivity index (χ1v) is 8.66. The first-order valence-electron chi connectivity index (χ1n) is 7.78. The number of nitrogens with one attached hydrogen (secondary N) is 1. The largest absolute Gasteiger partial charge is 0.496 e. The highest BCUT2D eigenvalue weighted by Gasteiger charge is 2.27. The van der Waals surface area contributed by atoms with Crippen LogP contribution in [0, 0.1) is 0 Å². The second-order valence-electron chi connectivity index (χ2n) is 5.64. The summed E-state index contributed by atoms with van der Waals surface area (Å²) in [5.41, 5.74) is 0.972. The number of imidazole rings is 1. The van der Waals surface area contributed by atoms with Crippen molar-refractivity contribution in [2.24, 2.45) is 0 Å². The Morgan fingerprint density at radius 3 is 3.00 bits per heavy atom. The summed E-state index contributed by atoms with van der Waals surface area (Å²) in [6.45, 7) is 2.37. The number of para-hydroxylation sites is 1. The zero-order valence-electron chi connectivity index (χ0n) is 13.4. The topological polar surface area (TPSA) is 56.1 Å². The monoisotopic (exact) mass is 331 g/mol. The minimum atomic E-state index is -0.190. The third-order valence-corrected chi connectivity index (χ3v) is 4.97. The van der Waals surface area contributed by atoms with Crippen LogP contribution >= 0.6 is 11.8 Å². The minimum absolute atomic E-state index is 0.00579. The summed E-state index contributed by atoms with van der Waals surface area (Å²) in [6, 6.07) is 8.28. The molecule has 6 heteroatoms. The number of carbonyl (C=O) groups excluding carboxylic acids is 1. The van der Waals surface area contributed by atoms with Gasteiger partial charge >= 0.3 is 0 Å². The van der Waals surface area contributed by atoms with E-state index in [1.807, 2.05) is 37.4 Å². The molecule has 5 nitrogen and oxygen atoms in total. The van der Waals surface area contributed by atoms with Crippen molar-refractivity contribution in [3.63, 3.8) is 0 Å². The number of benzene rings is 1. The molecule has 0 spiro atoms. The Morgan fingerprint density at radius 1 is 1.48 bits per heavy atom. The molecule has 1 aromatic carbocycles. The van der Waals surface area contributed by atoms with Crippen LogP contribution in [0.3, 0.4) is 0 Å². The molecule has 2 aromatic rings. The summed E-state index contributed by atoms with van der Waals surface area (Å²) in [7, 11) is 1.64. The number of aromatic nitrogens is 2. The second kappa shape index (κ2) is 7.08. The molecule has 122 valence electrons. The SMILES string of the molecule is COc1ccccc1CNC(=O)C(C)Sc1nccn1C1CC1. The van der Waals surface area contributed by atoms with Crippen molar-refractivity contribution in [1.29, 1.82) is 0 Å². The first kappa shape index (κ1) is 15.9. The van der Waals surface area contributed by atoms with Crippen LogP contribution in [0.4, 0.5) is 0 Å². The molecule has 0 saturated heterocycles. The van der Waals surface area contributed by atoms with Crippen molar-refractivity contribution in [1.82, 2.24) is 14.9 Å². The van der Waals surface area contributed by atoms with E-state index < -0.39 is 0 Å². The van der Waals surface area contributed by atoms with E-state index in [2.05, 4.69) is 14.9 Å². The maximum Gasteiger partial charge on any atom is 0.233 e. The molecule has 0 radical (unpaired) electrons. The van der Waals surface area contributed by atoms with Gasteiger partial charge in [-0.3, -0.25) is 4.79 Å². The fourth-order valence-corrected chi connectivity index (χ4v) is 3.37. The third kappa shape index (κ3) is 3.88. The zero-order chi connectivity index (χ0) is 16.2. The van der Waals surface area contributed by atoms with Crippen LogP contribution < -0.4 is 10.1 Å². The lowest BCUT2D eigenvalue weighted by molar-refractivity contribution is -0.120. The van der Waals surface area contributed by atoms with Crippen molar-refractivity contribution in [2.75, 3.05) is 7.11 Å². The number of carbonyl (C=O) groups is 1. The van der Waals surface area contributed by atoms with Crippen molar-refractivity contribution in [2.45, 2.75) is 42.8 Å². The molecule has 0 aliphatic heterocycles. The maximum absolute atomic E-state index is 12.3. The minimum Gasteiger partial charge on any atom is -0.496 e. The van der Waals surface area contributed by atoms with E-state index >= 15 is 0 Å². The van der Waals surface area contributed by atoms with E-state index in [-0.39, 0.29) is 11.2 Å². The normalized spacial score (nSPS) is 15.2. The molecule has 1 heterocycles. The fourth-order valence-electron chi connectivity index (χ4n) is 2.41. The van der Waals surface area contributed by atoms with Crippen LogP contribution in [0.2, 0.25) is 0 Å². The Balaban J connectivity index is 1.56. The summed E-state index contributed by atoms with van der Waals surface area (Å²) < 4.78 is 7.48. The molecule has 0 bridgehead atoms. The van der Waals surface area contributed by atoms with Gasteiger partial charge in [0.1, 0.15) is 5.75 Å². The number of hydrogen-bond donors (Lipinski definition) is 1. The standard InChI is InChI=1S/C17H21N3O2S/c1-12(23-17-18-9-10-20(17)14-7-8-14)16(21)19-11-13-5-3-4-6-15(13)22-2/h3-6,9-10,12,14H,7-8,11H2,1-2H3,(H,19,21). The van der Waals surface area contributed by atoms with E-state index in [4.69, 9.17) is 4.74 Å². The van der Waals surface area contributed by atoms with Gasteiger partial charge in [-0.2, -0.15) is 0 Å². The number of thioether (sulfide) groups is 1. The molecule has 1 fully saturated rings. The Labute approximate surface area is 140 Å². The Morgan fingerprint density at radius 2 is 2.26 bits per heavy atom. The van der Waals surface area contributed by atoms with Crippen LogP contribution in [-0.2, 0) is 11.3 Å². The predicted molar refractivity (Wildman–Crippen MR) is 90.7 cm³/mol. The van der Waals surface area contributed by atoms with Crippen molar-refractivity contribution in [3.05, 3.63) is 42.2 Å². The highest BCUT2D eigenvalue weighted by Crippen LogP contribution is 2.38. The average Bonchev–Trinajstić information content (AvgIpc) is 3.32. The summed E-state index contributed by atoms with van der Waals surface area (Å²) in [5, 5.41) is 3.71. The molecule has 1 N–H and O–H groups in total. The summed E-state index contributed by atoms with van der Waals surface area (Å²) in [4.78, 5) is 16.7. The van der Waals surface area contributed by atoms with Gasteiger partial charge in [-0.05, 0) is 25.8 Å². The molecule has 1 unspecified atom stereocenters. The first-order chi connectivity index (χ1) is 11.2. The number of rotatable bonds is 7. The number of nitrogens with zero attached hydrogens (tertiary/aromatic N) is 2. The molecular weight excluding hydrogens is 310 g/mol. The molecule has 1 atom stereocenters. The zero-order valence-corrected chi connectivity index (χ0v) is 14.2. The molecule has 1 saturated carbocycles. The molecule has 1 aliphatic rings. The molecule has 1 aromatic heterocycles. The Kier molecular flexibility index (Phi) is 4.91. The summed E-state index contributed by atoms with van der Waals surface area (Å²) in [5.74, 6) is 0.795. The maximum atomic E-state index is 12.3. The van der Waals surface area contributed by atoms with Gasteiger partial charge in [0.15, 0.2) is 5.16 Å². The van der Waals surface area contributed by atoms with Gasteiger partial charge in [0.25, 0.3) is 0 Å². The molecular formula is C17H21N3O2S. The van der Waals surface area contributed by atoms with Gasteiger partial charge in [-0.15, -0.1) is 0 Å². The fraction of sp³-hybridized carbons (Fsp3) is 0.412. The smallest absolute Gasteiger partial charge is 0.233 e. The highest BCUT2D eigenvalue weighted by atomic mass is 32.2. The number of amides is 1. The van der Waals surface area contributed by atoms with Gasteiger partial charge in [-0.25, -0.2) is 4.98 Å². The van der Waals surface area contributed by atoms with Gasteiger partial charge in [0.05, 0.1) is 12.4 Å². The van der Waals surface area contributed by atoms with Gasteiger partial charge in [0, 0.05) is 30.5 Å². The van der Waals surface area contributed by atoms with Gasteiger partial charge < -0.3 is 14.6 Å². The lowest BCUT2D eigenvalue weighted by Gasteiger charge is -2.14. The molecule has 1 amide bonds. The number of ether oxygens (including phenoxy) is 1. The van der Waals surface area contributed by atoms with Crippen molar-refractivity contribution in [3.8, 4) is 5.75 Å². The van der Waals surface area contributed by atoms with Crippen LogP contribution in [0.5, 0.6) is 5.75 Å². The van der Waals surface area contributed by atoms with E-state index in [0.717, 1.165) is 16.5 Å². The highest BCUT2D eigenvalue weighted by molar-refractivity contribution is 8.00. The number of methoxy groups -OCH3 is 1. The quantitative estimate of drug-likeness (QED) is 0.792. The molecule has 23 heavy (non-hydrogen) atoms. The Bertz CT molecular complexity index is 682. The number of hydrogen-bond acceptors (Lipinski definition) is 4. The molecule has 3 rings (SSSR count). The predicted octanol–water partition coefficient (Wildman–Crippen LogP) is 3.02. The van der Waals surface area contributed by atoms with E-state index in [9.17, 15) is 4.79 Å². The van der Waals surface area contributed by atoms with Crippen molar-refractivity contribution < 1.29 is 9.53 Å². The van der Waals surface area contributed by atoms with Gasteiger partial charge in [0.2, 0.25) is 5.91 Å². The van der Waals surface area contributed by atoms with Crippen LogP contribution in [0.15, 0.2) is 41.8 Å². The lowest BCUT2D eigenvalue weighted by atomic mass is 10.2. The molecule has 1 aliphatic carbocycles. The average molecular weight is 331 g/mol. The summed E-state index contributed by atoms with van der Waals surface area (Å²) >= 11 is 1.51. The second-order valence-corrected chi connectivity index (χ2v) is 6.95.